The average Bonchev–Trinajstić information content (AvgIpc) is 2.25. The van der Waals surface area contributed by atoms with Crippen LogP contribution in [-0.2, 0) is 0 Å². The third-order valence-electron chi connectivity index (χ3n) is 4.97. The van der Waals surface area contributed by atoms with E-state index in [1.165, 1.54) is 38.8 Å². The smallest absolute Gasteiger partial charge is 0.0120 e. The lowest BCUT2D eigenvalue weighted by molar-refractivity contribution is 0.137. The lowest BCUT2D eigenvalue weighted by Crippen LogP contribution is -2.52. The maximum atomic E-state index is 3.97. The first-order valence-corrected chi connectivity index (χ1v) is 7.51. The molecular formula is C15H30N2. The minimum absolute atomic E-state index is 0.757. The van der Waals surface area contributed by atoms with Gasteiger partial charge in [-0.1, -0.05) is 20.8 Å². The number of nitrogens with one attached hydrogen (secondary N) is 1. The Balaban J connectivity index is 1.84. The van der Waals surface area contributed by atoms with Crippen molar-refractivity contribution in [2.45, 2.75) is 58.5 Å². The van der Waals surface area contributed by atoms with Crippen LogP contribution in [0.4, 0.5) is 0 Å². The monoisotopic (exact) mass is 238 g/mol. The van der Waals surface area contributed by atoms with Crippen molar-refractivity contribution in [3.8, 4) is 0 Å². The third-order valence-corrected chi connectivity index (χ3v) is 4.97. The number of nitrogens with zero attached hydrogens (tertiary/aromatic N) is 1. The molecule has 1 N–H and O–H groups in total. The molecule has 0 amide bonds. The zero-order valence-electron chi connectivity index (χ0n) is 12.1. The number of likely N-dealkylation sites (tertiary alicyclic amines) is 1. The fourth-order valence-electron chi connectivity index (χ4n) is 3.79. The Bertz CT molecular complexity index is 217. The van der Waals surface area contributed by atoms with Gasteiger partial charge in [0.05, 0.1) is 0 Å². The van der Waals surface area contributed by atoms with Crippen molar-refractivity contribution >= 4 is 0 Å². The van der Waals surface area contributed by atoms with Gasteiger partial charge in [-0.15, -0.1) is 0 Å². The molecule has 0 aromatic rings. The van der Waals surface area contributed by atoms with Crippen molar-refractivity contribution < 1.29 is 0 Å². The normalized spacial score (nSPS) is 44.8. The topological polar surface area (TPSA) is 15.3 Å². The summed E-state index contributed by atoms with van der Waals surface area (Å²) in [5.74, 6) is 2.61. The molecule has 5 unspecified atom stereocenters. The van der Waals surface area contributed by atoms with Gasteiger partial charge in [-0.05, 0) is 57.0 Å². The molecule has 17 heavy (non-hydrogen) atoms. The van der Waals surface area contributed by atoms with Gasteiger partial charge in [-0.2, -0.15) is 0 Å². The zero-order valence-corrected chi connectivity index (χ0v) is 12.1. The Morgan fingerprint density at radius 2 is 1.65 bits per heavy atom. The molecule has 100 valence electrons. The molecule has 0 bridgehead atoms. The van der Waals surface area contributed by atoms with Crippen LogP contribution in [0.1, 0.15) is 46.5 Å². The highest BCUT2D eigenvalue weighted by atomic mass is 15.1. The van der Waals surface area contributed by atoms with Gasteiger partial charge in [0.1, 0.15) is 0 Å². The summed E-state index contributed by atoms with van der Waals surface area (Å²) in [7, 11) is 2.25. The number of piperidine rings is 1. The molecule has 2 aliphatic rings. The molecule has 2 heteroatoms. The Kier molecular flexibility index (Phi) is 4.48. The maximum absolute atomic E-state index is 3.97. The molecule has 1 heterocycles. The van der Waals surface area contributed by atoms with E-state index in [-0.39, 0.29) is 0 Å². The molecule has 0 aromatic heterocycles. The van der Waals surface area contributed by atoms with Crippen LogP contribution in [0.5, 0.6) is 0 Å². The standard InChI is InChI=1S/C15H30N2/c1-11-5-6-14(12(2)9-11)16-15-7-8-17(4)10-13(15)3/h11-16H,5-10H2,1-4H3. The summed E-state index contributed by atoms with van der Waals surface area (Å²) in [6.07, 6.45) is 5.56. The fourth-order valence-corrected chi connectivity index (χ4v) is 3.79. The number of hydrogen-bond acceptors (Lipinski definition) is 2. The first-order chi connectivity index (χ1) is 8.06. The molecule has 1 saturated heterocycles. The van der Waals surface area contributed by atoms with E-state index < -0.39 is 0 Å². The molecule has 2 nitrogen and oxygen atoms in total. The number of hydrogen-bond donors (Lipinski definition) is 1. The van der Waals surface area contributed by atoms with E-state index in [2.05, 4.69) is 38.0 Å². The van der Waals surface area contributed by atoms with Gasteiger partial charge >= 0.3 is 0 Å². The summed E-state index contributed by atoms with van der Waals surface area (Å²) in [4.78, 5) is 2.47. The van der Waals surface area contributed by atoms with Crippen molar-refractivity contribution in [2.24, 2.45) is 17.8 Å². The van der Waals surface area contributed by atoms with E-state index in [1.807, 2.05) is 0 Å². The highest BCUT2D eigenvalue weighted by molar-refractivity contribution is 4.88. The van der Waals surface area contributed by atoms with Crippen LogP contribution in [0, 0.1) is 17.8 Å². The van der Waals surface area contributed by atoms with Crippen LogP contribution in [0.3, 0.4) is 0 Å². The summed E-state index contributed by atoms with van der Waals surface area (Å²) in [5, 5.41) is 3.97. The van der Waals surface area contributed by atoms with E-state index >= 15 is 0 Å². The summed E-state index contributed by atoms with van der Waals surface area (Å²) in [5.41, 5.74) is 0. The second kappa shape index (κ2) is 5.71. The van der Waals surface area contributed by atoms with Crippen molar-refractivity contribution in [3.05, 3.63) is 0 Å². The molecule has 2 rings (SSSR count). The Morgan fingerprint density at radius 1 is 0.941 bits per heavy atom. The zero-order chi connectivity index (χ0) is 12.4. The summed E-state index contributed by atoms with van der Waals surface area (Å²) < 4.78 is 0. The van der Waals surface area contributed by atoms with Gasteiger partial charge in [-0.25, -0.2) is 0 Å². The Morgan fingerprint density at radius 3 is 2.29 bits per heavy atom. The largest absolute Gasteiger partial charge is 0.311 e. The van der Waals surface area contributed by atoms with E-state index in [1.54, 1.807) is 0 Å². The third kappa shape index (κ3) is 3.45. The van der Waals surface area contributed by atoms with Crippen LogP contribution in [0.15, 0.2) is 0 Å². The SMILES string of the molecule is CC1CCC(NC2CCN(C)CC2C)C(C)C1. The molecule has 5 atom stereocenters. The van der Waals surface area contributed by atoms with Crippen molar-refractivity contribution in [2.75, 3.05) is 20.1 Å². The van der Waals surface area contributed by atoms with Crippen molar-refractivity contribution in [3.63, 3.8) is 0 Å². The molecule has 0 spiro atoms. The van der Waals surface area contributed by atoms with Crippen LogP contribution >= 0.6 is 0 Å². The van der Waals surface area contributed by atoms with E-state index in [4.69, 9.17) is 0 Å². The molecule has 1 aliphatic carbocycles. The van der Waals surface area contributed by atoms with E-state index in [9.17, 15) is 0 Å². The van der Waals surface area contributed by atoms with Crippen LogP contribution in [0.2, 0.25) is 0 Å². The Labute approximate surface area is 107 Å². The van der Waals surface area contributed by atoms with Crippen molar-refractivity contribution in [1.29, 1.82) is 0 Å². The average molecular weight is 238 g/mol. The minimum atomic E-state index is 0.757. The first-order valence-electron chi connectivity index (χ1n) is 7.51. The molecule has 1 saturated carbocycles. The van der Waals surface area contributed by atoms with Gasteiger partial charge in [0.25, 0.3) is 0 Å². The second-order valence-electron chi connectivity index (χ2n) is 6.80. The molecule has 0 aromatic carbocycles. The highest BCUT2D eigenvalue weighted by Crippen LogP contribution is 2.30. The van der Waals surface area contributed by atoms with Gasteiger partial charge < -0.3 is 10.2 Å². The Hall–Kier alpha value is -0.0800. The van der Waals surface area contributed by atoms with Gasteiger partial charge in [0.2, 0.25) is 0 Å². The van der Waals surface area contributed by atoms with Gasteiger partial charge in [-0.3, -0.25) is 0 Å². The minimum Gasteiger partial charge on any atom is -0.311 e. The number of rotatable bonds is 2. The van der Waals surface area contributed by atoms with E-state index in [0.29, 0.717) is 0 Å². The summed E-state index contributed by atoms with van der Waals surface area (Å²) in [6, 6.07) is 1.54. The highest BCUT2D eigenvalue weighted by Gasteiger charge is 2.30. The quantitative estimate of drug-likeness (QED) is 0.796. The maximum Gasteiger partial charge on any atom is 0.0120 e. The van der Waals surface area contributed by atoms with E-state index in [0.717, 1.165) is 29.8 Å². The second-order valence-corrected chi connectivity index (χ2v) is 6.80. The lowest BCUT2D eigenvalue weighted by atomic mass is 9.79. The van der Waals surface area contributed by atoms with Crippen LogP contribution in [-0.4, -0.2) is 37.1 Å². The first kappa shape index (κ1) is 13.4. The van der Waals surface area contributed by atoms with Gasteiger partial charge in [0.15, 0.2) is 0 Å². The predicted molar refractivity (Wildman–Crippen MR) is 74.2 cm³/mol. The molecule has 1 aliphatic heterocycles. The van der Waals surface area contributed by atoms with Crippen LogP contribution in [0.25, 0.3) is 0 Å². The lowest BCUT2D eigenvalue weighted by Gasteiger charge is -2.41. The fraction of sp³-hybridized carbons (Fsp3) is 1.00. The molecule has 0 radical (unpaired) electrons. The predicted octanol–water partition coefficient (Wildman–Crippen LogP) is 2.74. The molecule has 2 fully saturated rings. The summed E-state index contributed by atoms with van der Waals surface area (Å²) >= 11 is 0. The van der Waals surface area contributed by atoms with Crippen molar-refractivity contribution in [1.82, 2.24) is 10.2 Å². The molecular weight excluding hydrogens is 208 g/mol. The summed E-state index contributed by atoms with van der Waals surface area (Å²) in [6.45, 7) is 9.77. The van der Waals surface area contributed by atoms with Gasteiger partial charge in [0, 0.05) is 18.6 Å². The van der Waals surface area contributed by atoms with Crippen LogP contribution < -0.4 is 5.32 Å².